The van der Waals surface area contributed by atoms with Gasteiger partial charge >= 0.3 is 0 Å². The van der Waals surface area contributed by atoms with Gasteiger partial charge in [0.1, 0.15) is 0 Å². The Kier molecular flexibility index (Phi) is 3.29. The molecule has 1 aromatic heterocycles. The SMILES string of the molecule is CCC(=O)c1cc(CC(C)C)c[nH]1. The maximum Gasteiger partial charge on any atom is 0.178 e. The minimum absolute atomic E-state index is 0.190. The maximum absolute atomic E-state index is 11.3. The predicted molar refractivity (Wildman–Crippen MR) is 54.0 cm³/mol. The maximum atomic E-state index is 11.3. The van der Waals surface area contributed by atoms with Crippen LogP contribution in [0.25, 0.3) is 0 Å². The molecule has 72 valence electrons. The third kappa shape index (κ3) is 2.72. The van der Waals surface area contributed by atoms with E-state index in [0.717, 1.165) is 12.1 Å². The first-order valence-corrected chi connectivity index (χ1v) is 4.84. The number of hydrogen-bond acceptors (Lipinski definition) is 1. The van der Waals surface area contributed by atoms with Gasteiger partial charge in [0.2, 0.25) is 0 Å². The molecule has 0 spiro atoms. The molecular weight excluding hydrogens is 162 g/mol. The molecule has 0 saturated carbocycles. The number of rotatable bonds is 4. The Balaban J connectivity index is 2.69. The van der Waals surface area contributed by atoms with Crippen molar-refractivity contribution in [1.29, 1.82) is 0 Å². The summed E-state index contributed by atoms with van der Waals surface area (Å²) in [4.78, 5) is 14.3. The monoisotopic (exact) mass is 179 g/mol. The quantitative estimate of drug-likeness (QED) is 0.708. The molecule has 2 heteroatoms. The first-order chi connectivity index (χ1) is 6.13. The summed E-state index contributed by atoms with van der Waals surface area (Å²) in [5, 5.41) is 0. The van der Waals surface area contributed by atoms with Gasteiger partial charge in [0.05, 0.1) is 5.69 Å². The molecule has 0 unspecified atom stereocenters. The number of carbonyl (C=O) groups is 1. The van der Waals surface area contributed by atoms with Crippen molar-refractivity contribution >= 4 is 5.78 Å². The van der Waals surface area contributed by atoms with E-state index in [9.17, 15) is 4.79 Å². The van der Waals surface area contributed by atoms with E-state index in [1.54, 1.807) is 0 Å². The predicted octanol–water partition coefficient (Wildman–Crippen LogP) is 2.81. The second-order valence-corrected chi connectivity index (χ2v) is 3.80. The van der Waals surface area contributed by atoms with Crippen molar-refractivity contribution in [2.75, 3.05) is 0 Å². The van der Waals surface area contributed by atoms with Gasteiger partial charge in [-0.05, 0) is 24.0 Å². The zero-order chi connectivity index (χ0) is 9.84. The van der Waals surface area contributed by atoms with Gasteiger partial charge in [-0.1, -0.05) is 20.8 Å². The first-order valence-electron chi connectivity index (χ1n) is 4.84. The highest BCUT2D eigenvalue weighted by Gasteiger charge is 2.06. The molecule has 13 heavy (non-hydrogen) atoms. The average molecular weight is 179 g/mol. The van der Waals surface area contributed by atoms with Crippen LogP contribution in [0.1, 0.15) is 43.2 Å². The molecule has 1 N–H and O–H groups in total. The average Bonchev–Trinajstić information content (AvgIpc) is 2.50. The summed E-state index contributed by atoms with van der Waals surface area (Å²) in [6, 6.07) is 1.96. The fraction of sp³-hybridized carbons (Fsp3) is 0.545. The van der Waals surface area contributed by atoms with Gasteiger partial charge in [0.15, 0.2) is 5.78 Å². The fourth-order valence-electron chi connectivity index (χ4n) is 1.38. The van der Waals surface area contributed by atoms with Crippen LogP contribution in [-0.2, 0) is 6.42 Å². The Labute approximate surface area is 79.4 Å². The van der Waals surface area contributed by atoms with Gasteiger partial charge in [0.25, 0.3) is 0 Å². The lowest BCUT2D eigenvalue weighted by Gasteiger charge is -1.99. The van der Waals surface area contributed by atoms with E-state index in [0.29, 0.717) is 12.3 Å². The Morgan fingerprint density at radius 1 is 1.54 bits per heavy atom. The van der Waals surface area contributed by atoms with E-state index in [1.807, 2.05) is 19.2 Å². The van der Waals surface area contributed by atoms with E-state index in [1.165, 1.54) is 5.56 Å². The van der Waals surface area contributed by atoms with Crippen molar-refractivity contribution in [2.24, 2.45) is 5.92 Å². The number of carbonyl (C=O) groups excluding carboxylic acids is 1. The minimum atomic E-state index is 0.190. The molecule has 0 radical (unpaired) electrons. The highest BCUT2D eigenvalue weighted by atomic mass is 16.1. The number of aromatic amines is 1. The summed E-state index contributed by atoms with van der Waals surface area (Å²) < 4.78 is 0. The molecular formula is C11H17NO. The molecule has 0 aliphatic carbocycles. The molecule has 1 heterocycles. The van der Waals surface area contributed by atoms with Crippen LogP contribution >= 0.6 is 0 Å². The highest BCUT2D eigenvalue weighted by Crippen LogP contribution is 2.10. The van der Waals surface area contributed by atoms with Gasteiger partial charge in [-0.15, -0.1) is 0 Å². The molecule has 0 aliphatic heterocycles. The second-order valence-electron chi connectivity index (χ2n) is 3.80. The Bertz CT molecular complexity index is 286. The molecule has 0 aliphatic rings. The van der Waals surface area contributed by atoms with Crippen molar-refractivity contribution < 1.29 is 4.79 Å². The van der Waals surface area contributed by atoms with Gasteiger partial charge in [-0.25, -0.2) is 0 Å². The molecule has 0 atom stereocenters. The van der Waals surface area contributed by atoms with Crippen molar-refractivity contribution in [3.05, 3.63) is 23.5 Å². The minimum Gasteiger partial charge on any atom is -0.359 e. The number of H-pyrrole nitrogens is 1. The molecule has 1 aromatic rings. The van der Waals surface area contributed by atoms with E-state index in [2.05, 4.69) is 18.8 Å². The van der Waals surface area contributed by atoms with Crippen LogP contribution in [0.2, 0.25) is 0 Å². The fourth-order valence-corrected chi connectivity index (χ4v) is 1.38. The first kappa shape index (κ1) is 10.0. The zero-order valence-electron chi connectivity index (χ0n) is 8.55. The molecule has 0 saturated heterocycles. The number of hydrogen-bond donors (Lipinski definition) is 1. The smallest absolute Gasteiger partial charge is 0.178 e. The molecule has 0 bridgehead atoms. The zero-order valence-corrected chi connectivity index (χ0v) is 8.55. The Morgan fingerprint density at radius 3 is 2.77 bits per heavy atom. The van der Waals surface area contributed by atoms with Crippen molar-refractivity contribution in [1.82, 2.24) is 4.98 Å². The number of aromatic nitrogens is 1. The van der Waals surface area contributed by atoms with Crippen LogP contribution in [0.3, 0.4) is 0 Å². The molecule has 2 nitrogen and oxygen atoms in total. The topological polar surface area (TPSA) is 32.9 Å². The lowest BCUT2D eigenvalue weighted by molar-refractivity contribution is 0.0984. The summed E-state index contributed by atoms with van der Waals surface area (Å²) in [7, 11) is 0. The molecule has 0 fully saturated rings. The lowest BCUT2D eigenvalue weighted by atomic mass is 10.1. The van der Waals surface area contributed by atoms with Crippen LogP contribution in [-0.4, -0.2) is 10.8 Å². The summed E-state index contributed by atoms with van der Waals surface area (Å²) in [5.41, 5.74) is 1.98. The van der Waals surface area contributed by atoms with Crippen molar-refractivity contribution in [3.63, 3.8) is 0 Å². The lowest BCUT2D eigenvalue weighted by Crippen LogP contribution is -1.95. The van der Waals surface area contributed by atoms with Crippen molar-refractivity contribution in [3.8, 4) is 0 Å². The van der Waals surface area contributed by atoms with Crippen LogP contribution in [0.5, 0.6) is 0 Å². The third-order valence-electron chi connectivity index (χ3n) is 2.01. The highest BCUT2D eigenvalue weighted by molar-refractivity contribution is 5.94. The Morgan fingerprint density at radius 2 is 2.23 bits per heavy atom. The summed E-state index contributed by atoms with van der Waals surface area (Å²) in [5.74, 6) is 0.829. The van der Waals surface area contributed by atoms with Crippen LogP contribution in [0.15, 0.2) is 12.3 Å². The summed E-state index contributed by atoms with van der Waals surface area (Å²) in [6.07, 6.45) is 3.54. The van der Waals surface area contributed by atoms with Gasteiger partial charge in [-0.3, -0.25) is 4.79 Å². The standard InChI is InChI=1S/C11H17NO/c1-4-11(13)10-6-9(7-12-10)5-8(2)3/h6-8,12H,4-5H2,1-3H3. The van der Waals surface area contributed by atoms with Crippen LogP contribution < -0.4 is 0 Å². The summed E-state index contributed by atoms with van der Waals surface area (Å²) >= 11 is 0. The van der Waals surface area contributed by atoms with Crippen LogP contribution in [0.4, 0.5) is 0 Å². The number of Topliss-reactive ketones (excluding diaryl/α,β-unsaturated/α-hetero) is 1. The van der Waals surface area contributed by atoms with Crippen molar-refractivity contribution in [2.45, 2.75) is 33.6 Å². The van der Waals surface area contributed by atoms with Crippen LogP contribution in [0, 0.1) is 5.92 Å². The Hall–Kier alpha value is -1.05. The molecule has 0 amide bonds. The molecule has 1 rings (SSSR count). The van der Waals surface area contributed by atoms with Gasteiger partial charge in [-0.2, -0.15) is 0 Å². The van der Waals surface area contributed by atoms with Gasteiger partial charge < -0.3 is 4.98 Å². The van der Waals surface area contributed by atoms with E-state index in [4.69, 9.17) is 0 Å². The number of ketones is 1. The third-order valence-corrected chi connectivity index (χ3v) is 2.01. The number of nitrogens with one attached hydrogen (secondary N) is 1. The van der Waals surface area contributed by atoms with E-state index >= 15 is 0 Å². The molecule has 0 aromatic carbocycles. The van der Waals surface area contributed by atoms with E-state index < -0.39 is 0 Å². The normalized spacial score (nSPS) is 10.8. The second kappa shape index (κ2) is 4.26. The van der Waals surface area contributed by atoms with Gasteiger partial charge in [0, 0.05) is 12.6 Å². The summed E-state index contributed by atoms with van der Waals surface area (Å²) in [6.45, 7) is 6.23. The largest absolute Gasteiger partial charge is 0.359 e. The van der Waals surface area contributed by atoms with E-state index in [-0.39, 0.29) is 5.78 Å².